The Kier molecular flexibility index (Phi) is 17.2. The fourth-order valence-electron chi connectivity index (χ4n) is 2.25. The Labute approximate surface area is 226 Å². The Morgan fingerprint density at radius 1 is 0.528 bits per heavy atom. The average molecular weight is 640 g/mol. The van der Waals surface area contributed by atoms with Crippen molar-refractivity contribution >= 4 is 82.2 Å². The molecule has 0 aliphatic heterocycles. The van der Waals surface area contributed by atoms with Crippen molar-refractivity contribution in [3.05, 3.63) is 0 Å². The number of hydrogen-bond acceptors (Lipinski definition) is 12. The highest BCUT2D eigenvalue weighted by Crippen LogP contribution is 2.06. The van der Waals surface area contributed by atoms with Gasteiger partial charge in [-0.3, -0.25) is 14.4 Å². The van der Waals surface area contributed by atoms with E-state index in [-0.39, 0.29) is 34.9 Å². The monoisotopic (exact) mass is 638 g/mol. The van der Waals surface area contributed by atoms with Gasteiger partial charge in [0.25, 0.3) is 0 Å². The molecule has 0 aromatic rings. The van der Waals surface area contributed by atoms with E-state index in [0.29, 0.717) is 0 Å². The van der Waals surface area contributed by atoms with Crippen LogP contribution < -0.4 is 0 Å². The molecule has 0 fully saturated rings. The molecule has 0 saturated heterocycles. The summed E-state index contributed by atoms with van der Waals surface area (Å²) in [7, 11) is -10.7. The fourth-order valence-corrected chi connectivity index (χ4v) is 7.12. The lowest BCUT2D eigenvalue weighted by molar-refractivity contribution is -0.166. The number of halogens is 3. The Balaban J connectivity index is 4.98. The highest BCUT2D eigenvalue weighted by Gasteiger charge is 2.23. The number of hydrogen-bond donors (Lipinski definition) is 0. The molecule has 36 heavy (non-hydrogen) atoms. The molecule has 0 aromatic carbocycles. The first-order valence-electron chi connectivity index (χ1n) is 10.4. The number of sulfone groups is 3. The molecular weight excluding hydrogens is 611 g/mol. The molecule has 0 spiro atoms. The molecule has 18 heteroatoms. The molecule has 0 rings (SSSR count). The molecule has 0 heterocycles. The minimum Gasteiger partial charge on any atom is -0.462 e. The van der Waals surface area contributed by atoms with Gasteiger partial charge in [0.2, 0.25) is 0 Å². The van der Waals surface area contributed by atoms with Crippen molar-refractivity contribution in [3.8, 4) is 0 Å². The molecule has 0 amide bonds. The summed E-state index contributed by atoms with van der Waals surface area (Å²) >= 11 is 16.1. The van der Waals surface area contributed by atoms with Crippen LogP contribution in [0, 0.1) is 0 Å². The maximum atomic E-state index is 12.1. The quantitative estimate of drug-likeness (QED) is 0.0998. The standard InChI is InChI=1S/C18H29Cl3O12S3/c19-4-10-34(25,26)7-1-16(22)31-13-15(33-18(24)3-9-36(29,30)12-6-21)14-32-17(23)2-8-35(27,28)11-5-20/h15H,1-14H2. The lowest BCUT2D eigenvalue weighted by Crippen LogP contribution is -2.32. The molecule has 0 bridgehead atoms. The maximum Gasteiger partial charge on any atom is 0.307 e. The number of esters is 3. The van der Waals surface area contributed by atoms with Crippen LogP contribution in [0.3, 0.4) is 0 Å². The highest BCUT2D eigenvalue weighted by atomic mass is 35.5. The molecule has 0 unspecified atom stereocenters. The van der Waals surface area contributed by atoms with Gasteiger partial charge in [-0.15, -0.1) is 34.8 Å². The molecule has 0 saturated carbocycles. The summed E-state index contributed by atoms with van der Waals surface area (Å²) in [6.45, 7) is -1.27. The Morgan fingerprint density at radius 2 is 0.833 bits per heavy atom. The van der Waals surface area contributed by atoms with E-state index in [1.165, 1.54) is 0 Å². The molecule has 0 aromatic heterocycles. The summed E-state index contributed by atoms with van der Waals surface area (Å²) in [6, 6.07) is 0. The van der Waals surface area contributed by atoms with Gasteiger partial charge in [0.15, 0.2) is 35.6 Å². The van der Waals surface area contributed by atoms with Crippen LogP contribution >= 0.6 is 34.8 Å². The first kappa shape index (κ1) is 35.1. The summed E-state index contributed by atoms with van der Waals surface area (Å²) in [4.78, 5) is 35.8. The fraction of sp³-hybridized carbons (Fsp3) is 0.833. The van der Waals surface area contributed by atoms with Gasteiger partial charge in [0.1, 0.15) is 13.2 Å². The SMILES string of the molecule is O=C(CCS(=O)(=O)CCCl)OCC(COC(=O)CCS(=O)(=O)CCCl)OC(=O)CCS(=O)(=O)CCCl. The van der Waals surface area contributed by atoms with Crippen LogP contribution in [0.2, 0.25) is 0 Å². The predicted molar refractivity (Wildman–Crippen MR) is 134 cm³/mol. The van der Waals surface area contributed by atoms with Gasteiger partial charge in [-0.1, -0.05) is 0 Å². The second kappa shape index (κ2) is 17.6. The van der Waals surface area contributed by atoms with Crippen LogP contribution in [-0.2, 0) is 58.1 Å². The molecule has 0 atom stereocenters. The summed E-state index contributed by atoms with van der Waals surface area (Å²) in [5.74, 6) is -5.94. The largest absolute Gasteiger partial charge is 0.462 e. The minimum absolute atomic E-state index is 0.144. The number of ether oxygens (including phenoxy) is 3. The van der Waals surface area contributed by atoms with Crippen molar-refractivity contribution in [3.63, 3.8) is 0 Å². The van der Waals surface area contributed by atoms with E-state index in [1.54, 1.807) is 0 Å². The lowest BCUT2D eigenvalue weighted by atomic mass is 10.3. The molecule has 0 aliphatic carbocycles. The van der Waals surface area contributed by atoms with Crippen molar-refractivity contribution in [2.75, 3.05) is 65.4 Å². The third-order valence-electron chi connectivity index (χ3n) is 4.17. The van der Waals surface area contributed by atoms with Gasteiger partial charge in [0.05, 0.1) is 53.8 Å². The Morgan fingerprint density at radius 3 is 1.14 bits per heavy atom. The molecule has 212 valence electrons. The van der Waals surface area contributed by atoms with Crippen LogP contribution in [0.5, 0.6) is 0 Å². The van der Waals surface area contributed by atoms with Gasteiger partial charge in [-0.25, -0.2) is 25.3 Å². The van der Waals surface area contributed by atoms with Crippen LogP contribution in [0.4, 0.5) is 0 Å². The van der Waals surface area contributed by atoms with E-state index in [2.05, 4.69) is 0 Å². The van der Waals surface area contributed by atoms with E-state index in [1.807, 2.05) is 0 Å². The van der Waals surface area contributed by atoms with Crippen LogP contribution in [0.1, 0.15) is 19.3 Å². The first-order valence-corrected chi connectivity index (χ1v) is 17.5. The molecule has 12 nitrogen and oxygen atoms in total. The number of alkyl halides is 3. The Hall–Kier alpha value is -0.870. The first-order chi connectivity index (χ1) is 16.6. The molecular formula is C18H29Cl3O12S3. The summed E-state index contributed by atoms with van der Waals surface area (Å²) in [5.41, 5.74) is 0. The topological polar surface area (TPSA) is 181 Å². The number of carbonyl (C=O) groups excluding carboxylic acids is 3. The third-order valence-corrected chi connectivity index (χ3v) is 10.4. The summed E-state index contributed by atoms with van der Waals surface area (Å²) in [5, 5.41) is 0. The van der Waals surface area contributed by atoms with E-state index in [9.17, 15) is 39.6 Å². The van der Waals surface area contributed by atoms with Gasteiger partial charge in [0, 0.05) is 17.6 Å². The molecule has 0 radical (unpaired) electrons. The third kappa shape index (κ3) is 18.4. The van der Waals surface area contributed by atoms with Crippen molar-refractivity contribution in [1.82, 2.24) is 0 Å². The Bertz CT molecular complexity index is 971. The van der Waals surface area contributed by atoms with Gasteiger partial charge < -0.3 is 14.2 Å². The second-order valence-electron chi connectivity index (χ2n) is 7.25. The zero-order chi connectivity index (χ0) is 27.8. The lowest BCUT2D eigenvalue weighted by Gasteiger charge is -2.18. The smallest absolute Gasteiger partial charge is 0.307 e. The number of rotatable bonds is 20. The minimum atomic E-state index is -3.60. The van der Waals surface area contributed by atoms with E-state index >= 15 is 0 Å². The molecule has 0 aliphatic rings. The summed E-state index contributed by atoms with van der Waals surface area (Å²) in [6.07, 6.45) is -2.92. The molecule has 0 N–H and O–H groups in total. The maximum absolute atomic E-state index is 12.1. The van der Waals surface area contributed by atoms with Gasteiger partial charge in [-0.05, 0) is 0 Å². The van der Waals surface area contributed by atoms with Crippen LogP contribution in [0.15, 0.2) is 0 Å². The normalized spacial score (nSPS) is 12.3. The van der Waals surface area contributed by atoms with E-state index in [4.69, 9.17) is 49.0 Å². The zero-order valence-corrected chi connectivity index (χ0v) is 24.0. The van der Waals surface area contributed by atoms with E-state index < -0.39 is 103 Å². The van der Waals surface area contributed by atoms with Crippen molar-refractivity contribution in [2.45, 2.75) is 25.4 Å². The average Bonchev–Trinajstić information content (AvgIpc) is 2.77. The van der Waals surface area contributed by atoms with Crippen molar-refractivity contribution in [2.24, 2.45) is 0 Å². The van der Waals surface area contributed by atoms with Crippen molar-refractivity contribution in [1.29, 1.82) is 0 Å². The second-order valence-corrected chi connectivity index (χ2v) is 15.3. The highest BCUT2D eigenvalue weighted by molar-refractivity contribution is 7.92. The van der Waals surface area contributed by atoms with Crippen LogP contribution in [-0.4, -0.2) is 115 Å². The van der Waals surface area contributed by atoms with E-state index in [0.717, 1.165) is 0 Å². The summed E-state index contributed by atoms with van der Waals surface area (Å²) < 4.78 is 84.8. The van der Waals surface area contributed by atoms with Crippen LogP contribution in [0.25, 0.3) is 0 Å². The van der Waals surface area contributed by atoms with Gasteiger partial charge in [-0.2, -0.15) is 0 Å². The zero-order valence-electron chi connectivity index (χ0n) is 19.2. The predicted octanol–water partition coefficient (Wildman–Crippen LogP) is 0.116. The van der Waals surface area contributed by atoms with Gasteiger partial charge >= 0.3 is 17.9 Å². The van der Waals surface area contributed by atoms with Crippen molar-refractivity contribution < 1.29 is 53.8 Å². The number of carbonyl (C=O) groups is 3.